The summed E-state index contributed by atoms with van der Waals surface area (Å²) in [6, 6.07) is 6.85. The largest absolute Gasteiger partial charge is 0.506 e. The van der Waals surface area contributed by atoms with Crippen LogP contribution in [0, 0.1) is 0 Å². The summed E-state index contributed by atoms with van der Waals surface area (Å²) in [6.45, 7) is 0. The molecule has 4 heteroatoms. The summed E-state index contributed by atoms with van der Waals surface area (Å²) in [5.74, 6) is 0.162. The number of phenolic OH excluding ortho intramolecular Hbond substituents is 1. The van der Waals surface area contributed by atoms with Crippen LogP contribution in [0.1, 0.15) is 0 Å². The quantitative estimate of drug-likeness (QED) is 0.734. The van der Waals surface area contributed by atoms with Gasteiger partial charge in [0.25, 0.3) is 0 Å². The third-order valence-electron chi connectivity index (χ3n) is 1.70. The molecule has 0 saturated heterocycles. The van der Waals surface area contributed by atoms with Gasteiger partial charge in [-0.1, -0.05) is 23.7 Å². The average Bonchev–Trinajstić information content (AvgIpc) is 2.07. The van der Waals surface area contributed by atoms with Gasteiger partial charge in [-0.25, -0.2) is 0 Å². The van der Waals surface area contributed by atoms with Crippen molar-refractivity contribution in [3.8, 4) is 5.75 Å². The summed E-state index contributed by atoms with van der Waals surface area (Å²) in [6.07, 6.45) is 1.57. The Bertz CT molecular complexity index is 390. The molecule has 0 unspecified atom stereocenters. The van der Waals surface area contributed by atoms with Gasteiger partial charge in [0.2, 0.25) is 0 Å². The van der Waals surface area contributed by atoms with Crippen LogP contribution in [-0.4, -0.2) is 10.1 Å². The van der Waals surface area contributed by atoms with Gasteiger partial charge in [-0.2, -0.15) is 0 Å². The van der Waals surface area contributed by atoms with Crippen molar-refractivity contribution in [2.24, 2.45) is 0 Å². The number of para-hydroxylation sites is 1. The van der Waals surface area contributed by atoms with E-state index >= 15 is 0 Å². The molecule has 2 aromatic rings. The molecule has 0 fully saturated rings. The fourth-order valence-electron chi connectivity index (χ4n) is 1.13. The smallest absolute Gasteiger partial charge is 0.141 e. The molecule has 1 aromatic carbocycles. The van der Waals surface area contributed by atoms with E-state index in [1.807, 2.05) is 6.07 Å². The molecule has 13 heavy (non-hydrogen) atoms. The monoisotopic (exact) mass is 215 g/mol. The highest BCUT2D eigenvalue weighted by molar-refractivity contribution is 6.35. The summed E-state index contributed by atoms with van der Waals surface area (Å²) < 4.78 is 0. The number of benzene rings is 1. The first-order valence-electron chi connectivity index (χ1n) is 3.51. The normalized spacial score (nSPS) is 9.62. The number of hydrogen-bond acceptors (Lipinski definition) is 2. The summed E-state index contributed by atoms with van der Waals surface area (Å²) in [4.78, 5) is 4.01. The predicted octanol–water partition coefficient (Wildman–Crippen LogP) is 3.02. The minimum absolute atomic E-state index is 0. The Kier molecular flexibility index (Phi) is 2.96. The number of phenols is 1. The summed E-state index contributed by atoms with van der Waals surface area (Å²) in [5.41, 5.74) is 0.546. The number of aromatic nitrogens is 1. The topological polar surface area (TPSA) is 33.1 Å². The Morgan fingerprint density at radius 1 is 1.23 bits per heavy atom. The van der Waals surface area contributed by atoms with Crippen LogP contribution in [0.5, 0.6) is 5.75 Å². The van der Waals surface area contributed by atoms with Crippen LogP contribution >= 0.6 is 24.0 Å². The van der Waals surface area contributed by atoms with Gasteiger partial charge < -0.3 is 5.11 Å². The van der Waals surface area contributed by atoms with Crippen molar-refractivity contribution in [1.82, 2.24) is 4.98 Å². The van der Waals surface area contributed by atoms with Crippen molar-refractivity contribution < 1.29 is 5.11 Å². The average molecular weight is 216 g/mol. The first-order valence-corrected chi connectivity index (χ1v) is 3.89. The third-order valence-corrected chi connectivity index (χ3v) is 2.03. The number of aromatic hydroxyl groups is 1. The van der Waals surface area contributed by atoms with Gasteiger partial charge in [0.1, 0.15) is 11.3 Å². The fraction of sp³-hybridized carbons (Fsp3) is 0. The molecular weight excluding hydrogens is 209 g/mol. The standard InChI is InChI=1S/C9H6ClNO.ClH/c10-7-4-5-11-9-6(7)2-1-3-8(9)12;/h1-5,12H;1H. The minimum atomic E-state index is 0. The molecule has 0 radical (unpaired) electrons. The van der Waals surface area contributed by atoms with Crippen LogP contribution in [0.3, 0.4) is 0 Å². The third kappa shape index (κ3) is 1.69. The first kappa shape index (κ1) is 10.1. The molecule has 0 aliphatic heterocycles. The van der Waals surface area contributed by atoms with Crippen molar-refractivity contribution >= 4 is 34.9 Å². The van der Waals surface area contributed by atoms with Crippen LogP contribution in [-0.2, 0) is 0 Å². The Labute approximate surface area is 86.6 Å². The van der Waals surface area contributed by atoms with Crippen LogP contribution in [0.4, 0.5) is 0 Å². The second kappa shape index (κ2) is 3.81. The van der Waals surface area contributed by atoms with Gasteiger partial charge in [0.05, 0.1) is 5.02 Å². The zero-order chi connectivity index (χ0) is 8.55. The van der Waals surface area contributed by atoms with Gasteiger partial charge >= 0.3 is 0 Å². The second-order valence-corrected chi connectivity index (χ2v) is 2.87. The highest BCUT2D eigenvalue weighted by atomic mass is 35.5. The van der Waals surface area contributed by atoms with E-state index in [2.05, 4.69) is 4.98 Å². The molecule has 68 valence electrons. The molecule has 1 N–H and O–H groups in total. The summed E-state index contributed by atoms with van der Waals surface area (Å²) in [7, 11) is 0. The molecule has 0 amide bonds. The summed E-state index contributed by atoms with van der Waals surface area (Å²) in [5, 5.41) is 10.8. The first-order chi connectivity index (χ1) is 5.79. The van der Waals surface area contributed by atoms with E-state index in [-0.39, 0.29) is 18.2 Å². The highest BCUT2D eigenvalue weighted by Gasteiger charge is 2.01. The van der Waals surface area contributed by atoms with Gasteiger partial charge in [0.15, 0.2) is 0 Å². The lowest BCUT2D eigenvalue weighted by molar-refractivity contribution is 0.480. The number of nitrogens with zero attached hydrogens (tertiary/aromatic N) is 1. The molecule has 1 heterocycles. The zero-order valence-electron chi connectivity index (χ0n) is 6.57. The van der Waals surface area contributed by atoms with Gasteiger partial charge in [-0.3, -0.25) is 4.98 Å². The van der Waals surface area contributed by atoms with E-state index in [0.29, 0.717) is 10.5 Å². The van der Waals surface area contributed by atoms with E-state index in [1.165, 1.54) is 0 Å². The SMILES string of the molecule is Cl.Oc1cccc2c(Cl)ccnc12. The maximum atomic E-state index is 9.37. The molecule has 0 aliphatic carbocycles. The van der Waals surface area contributed by atoms with E-state index in [4.69, 9.17) is 11.6 Å². The van der Waals surface area contributed by atoms with Gasteiger partial charge in [-0.15, -0.1) is 12.4 Å². The van der Waals surface area contributed by atoms with Crippen molar-refractivity contribution in [3.63, 3.8) is 0 Å². The fourth-order valence-corrected chi connectivity index (χ4v) is 1.34. The number of pyridine rings is 1. The number of fused-ring (bicyclic) bond motifs is 1. The van der Waals surface area contributed by atoms with Crippen molar-refractivity contribution in [2.45, 2.75) is 0 Å². The lowest BCUT2D eigenvalue weighted by Gasteiger charge is -1.99. The zero-order valence-corrected chi connectivity index (χ0v) is 8.14. The van der Waals surface area contributed by atoms with Crippen LogP contribution in [0.2, 0.25) is 5.02 Å². The molecule has 2 nitrogen and oxygen atoms in total. The summed E-state index contributed by atoms with van der Waals surface area (Å²) >= 11 is 5.88. The second-order valence-electron chi connectivity index (χ2n) is 2.47. The lowest BCUT2D eigenvalue weighted by Crippen LogP contribution is -1.78. The number of hydrogen-bond donors (Lipinski definition) is 1. The molecule has 0 spiro atoms. The molecule has 0 saturated carbocycles. The maximum Gasteiger partial charge on any atom is 0.141 e. The Morgan fingerprint density at radius 3 is 2.69 bits per heavy atom. The molecular formula is C9H7Cl2NO. The number of rotatable bonds is 0. The van der Waals surface area contributed by atoms with Crippen molar-refractivity contribution in [2.75, 3.05) is 0 Å². The van der Waals surface area contributed by atoms with Gasteiger partial charge in [0, 0.05) is 11.6 Å². The Hall–Kier alpha value is -0.990. The molecule has 1 aromatic heterocycles. The minimum Gasteiger partial charge on any atom is -0.506 e. The van der Waals surface area contributed by atoms with E-state index in [0.717, 1.165) is 5.39 Å². The van der Waals surface area contributed by atoms with Crippen molar-refractivity contribution in [3.05, 3.63) is 35.5 Å². The van der Waals surface area contributed by atoms with E-state index in [1.54, 1.807) is 24.4 Å². The molecule has 2 rings (SSSR count). The van der Waals surface area contributed by atoms with Crippen LogP contribution < -0.4 is 0 Å². The lowest BCUT2D eigenvalue weighted by atomic mass is 10.2. The molecule has 0 aliphatic rings. The van der Waals surface area contributed by atoms with Crippen LogP contribution in [0.15, 0.2) is 30.5 Å². The predicted molar refractivity (Wildman–Crippen MR) is 55.7 cm³/mol. The van der Waals surface area contributed by atoms with E-state index < -0.39 is 0 Å². The number of halogens is 2. The van der Waals surface area contributed by atoms with Crippen molar-refractivity contribution in [1.29, 1.82) is 0 Å². The highest BCUT2D eigenvalue weighted by Crippen LogP contribution is 2.26. The molecule has 0 atom stereocenters. The van der Waals surface area contributed by atoms with E-state index in [9.17, 15) is 5.11 Å². The maximum absolute atomic E-state index is 9.37. The Balaban J connectivity index is 0.000000845. The van der Waals surface area contributed by atoms with Crippen LogP contribution in [0.25, 0.3) is 10.9 Å². The Morgan fingerprint density at radius 2 is 2.00 bits per heavy atom. The molecule has 0 bridgehead atoms. The van der Waals surface area contributed by atoms with Gasteiger partial charge in [-0.05, 0) is 12.1 Å².